The highest BCUT2D eigenvalue weighted by Crippen LogP contribution is 2.20. The molecule has 0 aromatic heterocycles. The van der Waals surface area contributed by atoms with Gasteiger partial charge in [0.15, 0.2) is 0 Å². The summed E-state index contributed by atoms with van der Waals surface area (Å²) in [5, 5.41) is 2.81. The molecule has 2 rings (SSSR count). The number of hydrogen-bond acceptors (Lipinski definition) is 4. The number of sulfonamides is 1. The van der Waals surface area contributed by atoms with Crippen molar-refractivity contribution in [2.45, 2.75) is 32.9 Å². The Bertz CT molecular complexity index is 851. The van der Waals surface area contributed by atoms with Crippen molar-refractivity contribution in [2.24, 2.45) is 0 Å². The van der Waals surface area contributed by atoms with Crippen molar-refractivity contribution in [3.63, 3.8) is 0 Å². The van der Waals surface area contributed by atoms with Crippen molar-refractivity contribution in [1.29, 1.82) is 0 Å². The molecule has 0 fully saturated rings. The number of hydrogen-bond donors (Lipinski definition) is 1. The molecule has 0 heterocycles. The molecule has 0 aliphatic carbocycles. The number of nitrogens with one attached hydrogen (secondary N) is 1. The van der Waals surface area contributed by atoms with Crippen LogP contribution in [0.1, 0.15) is 19.4 Å². The van der Waals surface area contributed by atoms with Crippen LogP contribution in [0.2, 0.25) is 0 Å². The quantitative estimate of drug-likeness (QED) is 0.752. The summed E-state index contributed by atoms with van der Waals surface area (Å²) in [6.07, 6.45) is 1.09. The van der Waals surface area contributed by atoms with Crippen molar-refractivity contribution < 1.29 is 17.9 Å². The summed E-state index contributed by atoms with van der Waals surface area (Å²) in [6, 6.07) is 15.0. The lowest BCUT2D eigenvalue weighted by Crippen LogP contribution is -2.50. The van der Waals surface area contributed by atoms with Crippen LogP contribution in [0, 0.1) is 6.92 Å². The van der Waals surface area contributed by atoms with E-state index in [0.717, 1.165) is 21.9 Å². The molecule has 146 valence electrons. The summed E-state index contributed by atoms with van der Waals surface area (Å²) in [5.74, 6) is 0.334. The Hall–Kier alpha value is -2.54. The molecule has 0 bridgehead atoms. The molecule has 0 saturated carbocycles. The van der Waals surface area contributed by atoms with Crippen molar-refractivity contribution in [3.05, 3.63) is 60.2 Å². The third kappa shape index (κ3) is 5.99. The zero-order valence-corrected chi connectivity index (χ0v) is 16.9. The van der Waals surface area contributed by atoms with Gasteiger partial charge in [-0.15, -0.1) is 0 Å². The van der Waals surface area contributed by atoms with Gasteiger partial charge in [0, 0.05) is 0 Å². The third-order valence-corrected chi connectivity index (χ3v) is 5.25. The molecule has 0 radical (unpaired) electrons. The van der Waals surface area contributed by atoms with E-state index in [0.29, 0.717) is 5.69 Å². The SMILES string of the molecule is Cc1ccc(OCC(C)NC(=O)C(C)N(c2ccccc2)S(C)(=O)=O)cc1. The standard InChI is InChI=1S/C20H26N2O4S/c1-15-10-12-19(13-11-15)26-14-16(2)21-20(23)17(3)22(27(4,24)25)18-8-6-5-7-9-18/h5-13,16-17H,14H2,1-4H3,(H,21,23). The molecule has 0 saturated heterocycles. The van der Waals surface area contributed by atoms with Crippen LogP contribution < -0.4 is 14.4 Å². The fraction of sp³-hybridized carbons (Fsp3) is 0.350. The fourth-order valence-electron chi connectivity index (χ4n) is 2.64. The minimum Gasteiger partial charge on any atom is -0.491 e. The lowest BCUT2D eigenvalue weighted by molar-refractivity contribution is -0.122. The van der Waals surface area contributed by atoms with Crippen molar-refractivity contribution in [2.75, 3.05) is 17.2 Å². The number of amides is 1. The topological polar surface area (TPSA) is 75.7 Å². The van der Waals surface area contributed by atoms with Crippen LogP contribution in [-0.2, 0) is 14.8 Å². The van der Waals surface area contributed by atoms with Gasteiger partial charge in [0.05, 0.1) is 18.0 Å². The molecule has 2 aromatic carbocycles. The smallest absolute Gasteiger partial charge is 0.243 e. The molecule has 0 spiro atoms. The van der Waals surface area contributed by atoms with E-state index in [1.807, 2.05) is 38.1 Å². The van der Waals surface area contributed by atoms with E-state index in [2.05, 4.69) is 5.32 Å². The van der Waals surface area contributed by atoms with Crippen LogP contribution in [0.3, 0.4) is 0 Å². The van der Waals surface area contributed by atoms with Gasteiger partial charge >= 0.3 is 0 Å². The second-order valence-corrected chi connectivity index (χ2v) is 8.46. The number of benzene rings is 2. The first-order valence-corrected chi connectivity index (χ1v) is 10.6. The van der Waals surface area contributed by atoms with Crippen LogP contribution in [0.4, 0.5) is 5.69 Å². The van der Waals surface area contributed by atoms with Gasteiger partial charge in [-0.3, -0.25) is 9.10 Å². The molecule has 1 amide bonds. The predicted octanol–water partition coefficient (Wildman–Crippen LogP) is 2.73. The first-order valence-electron chi connectivity index (χ1n) is 8.73. The number of nitrogens with zero attached hydrogens (tertiary/aromatic N) is 1. The molecular weight excluding hydrogens is 364 g/mol. The van der Waals surface area contributed by atoms with Crippen molar-refractivity contribution >= 4 is 21.6 Å². The third-order valence-electron chi connectivity index (χ3n) is 4.01. The molecule has 2 unspecified atom stereocenters. The van der Waals surface area contributed by atoms with Crippen LogP contribution >= 0.6 is 0 Å². The van der Waals surface area contributed by atoms with Gasteiger partial charge in [0.25, 0.3) is 0 Å². The number of aryl methyl sites for hydroxylation is 1. The Kier molecular flexibility index (Phi) is 6.85. The van der Waals surface area contributed by atoms with Crippen LogP contribution in [0.5, 0.6) is 5.75 Å². The zero-order chi connectivity index (χ0) is 20.0. The van der Waals surface area contributed by atoms with E-state index < -0.39 is 16.1 Å². The Morgan fingerprint density at radius 2 is 1.67 bits per heavy atom. The largest absolute Gasteiger partial charge is 0.491 e. The molecule has 2 atom stereocenters. The number of anilines is 1. The second-order valence-electron chi connectivity index (χ2n) is 6.60. The van der Waals surface area contributed by atoms with Gasteiger partial charge in [0.2, 0.25) is 15.9 Å². The van der Waals surface area contributed by atoms with E-state index >= 15 is 0 Å². The summed E-state index contributed by atoms with van der Waals surface area (Å²) in [4.78, 5) is 12.6. The lowest BCUT2D eigenvalue weighted by Gasteiger charge is -2.29. The number of carbonyl (C=O) groups is 1. The van der Waals surface area contributed by atoms with E-state index in [4.69, 9.17) is 4.74 Å². The Morgan fingerprint density at radius 3 is 2.22 bits per heavy atom. The predicted molar refractivity (Wildman–Crippen MR) is 108 cm³/mol. The maximum absolute atomic E-state index is 12.6. The normalized spacial score (nSPS) is 13.5. The second kappa shape index (κ2) is 8.90. The van der Waals surface area contributed by atoms with Gasteiger partial charge in [-0.2, -0.15) is 0 Å². The average Bonchev–Trinajstić information content (AvgIpc) is 2.61. The molecule has 0 aliphatic rings. The van der Waals surface area contributed by atoms with Crippen LogP contribution in [0.25, 0.3) is 0 Å². The zero-order valence-electron chi connectivity index (χ0n) is 16.0. The minimum atomic E-state index is -3.62. The molecule has 27 heavy (non-hydrogen) atoms. The summed E-state index contributed by atoms with van der Waals surface area (Å²) in [5.41, 5.74) is 1.59. The number of carbonyl (C=O) groups excluding carboxylic acids is 1. The van der Waals surface area contributed by atoms with Gasteiger partial charge < -0.3 is 10.1 Å². The highest BCUT2D eigenvalue weighted by atomic mass is 32.2. The number of ether oxygens (including phenoxy) is 1. The van der Waals surface area contributed by atoms with Crippen molar-refractivity contribution in [1.82, 2.24) is 5.32 Å². The molecule has 7 heteroatoms. The first kappa shape index (κ1) is 20.8. The maximum Gasteiger partial charge on any atom is 0.243 e. The molecule has 2 aromatic rings. The average molecular weight is 391 g/mol. The molecular formula is C20H26N2O4S. The van der Waals surface area contributed by atoms with Crippen molar-refractivity contribution in [3.8, 4) is 5.75 Å². The Balaban J connectivity index is 2.01. The van der Waals surface area contributed by atoms with E-state index in [-0.39, 0.29) is 18.6 Å². The summed E-state index contributed by atoms with van der Waals surface area (Å²) in [6.45, 7) is 5.66. The van der Waals surface area contributed by atoms with Gasteiger partial charge in [-0.1, -0.05) is 35.9 Å². The van der Waals surface area contributed by atoms with Gasteiger partial charge in [0.1, 0.15) is 18.4 Å². The van der Waals surface area contributed by atoms with Gasteiger partial charge in [-0.25, -0.2) is 8.42 Å². The molecule has 0 aliphatic heterocycles. The highest BCUT2D eigenvalue weighted by molar-refractivity contribution is 7.92. The summed E-state index contributed by atoms with van der Waals surface area (Å²) >= 11 is 0. The van der Waals surface area contributed by atoms with Crippen LogP contribution in [0.15, 0.2) is 54.6 Å². The number of rotatable bonds is 8. The lowest BCUT2D eigenvalue weighted by atomic mass is 10.2. The van der Waals surface area contributed by atoms with Crippen LogP contribution in [-0.4, -0.2) is 39.3 Å². The molecule has 1 N–H and O–H groups in total. The molecule has 6 nitrogen and oxygen atoms in total. The first-order chi connectivity index (χ1) is 12.7. The maximum atomic E-state index is 12.6. The highest BCUT2D eigenvalue weighted by Gasteiger charge is 2.29. The fourth-order valence-corrected chi connectivity index (χ4v) is 3.82. The summed E-state index contributed by atoms with van der Waals surface area (Å²) < 4.78 is 31.2. The minimum absolute atomic E-state index is 0.279. The van der Waals surface area contributed by atoms with E-state index in [1.165, 1.54) is 0 Å². The Labute approximate surface area is 161 Å². The van der Waals surface area contributed by atoms with E-state index in [9.17, 15) is 13.2 Å². The van der Waals surface area contributed by atoms with Gasteiger partial charge in [-0.05, 0) is 45.0 Å². The van der Waals surface area contributed by atoms with E-state index in [1.54, 1.807) is 37.3 Å². The monoisotopic (exact) mass is 390 g/mol. The summed E-state index contributed by atoms with van der Waals surface area (Å²) in [7, 11) is -3.62. The number of para-hydroxylation sites is 1. The Morgan fingerprint density at radius 1 is 1.07 bits per heavy atom.